The quantitative estimate of drug-likeness (QED) is 0.0749. The first-order chi connectivity index (χ1) is 21.9. The van der Waals surface area contributed by atoms with Crippen LogP contribution in [0.1, 0.15) is 35.6 Å². The third kappa shape index (κ3) is 9.86. The van der Waals surface area contributed by atoms with Gasteiger partial charge in [-0.3, -0.25) is 19.5 Å². The van der Waals surface area contributed by atoms with Crippen LogP contribution in [0.2, 0.25) is 0 Å². The van der Waals surface area contributed by atoms with Crippen molar-refractivity contribution in [1.29, 1.82) is 0 Å². The molecule has 0 saturated carbocycles. The van der Waals surface area contributed by atoms with Gasteiger partial charge in [0.25, 0.3) is 0 Å². The lowest BCUT2D eigenvalue weighted by Crippen LogP contribution is -2.24. The van der Waals surface area contributed by atoms with Crippen LogP contribution >= 0.6 is 0 Å². The second kappa shape index (κ2) is 17.4. The van der Waals surface area contributed by atoms with Crippen molar-refractivity contribution in [2.75, 3.05) is 25.0 Å². The number of fused-ring (bicyclic) bond motifs is 1. The number of phenolic OH excluding ortho intramolecular Hbond substituents is 1. The number of unbranched alkanes of at least 4 members (excludes halogenated alkanes) is 1. The van der Waals surface area contributed by atoms with E-state index in [1.165, 1.54) is 12.1 Å². The van der Waals surface area contributed by atoms with Crippen LogP contribution in [0, 0.1) is 0 Å². The van der Waals surface area contributed by atoms with Crippen molar-refractivity contribution in [3.63, 3.8) is 0 Å². The number of aryl methyl sites for hydroxylation is 1. The Morgan fingerprint density at radius 1 is 0.851 bits per heavy atom. The van der Waals surface area contributed by atoms with Crippen molar-refractivity contribution in [2.45, 2.75) is 31.8 Å². The number of carbonyl (C=O) groups is 1. The van der Waals surface area contributed by atoms with Gasteiger partial charge in [-0.05, 0) is 84.8 Å². The molecule has 0 unspecified atom stereocenters. The molecule has 0 aliphatic heterocycles. The number of anilines is 1. The summed E-state index contributed by atoms with van der Waals surface area (Å²) < 4.78 is 5.93. The molecule has 1 amide bonds. The normalized spacial score (nSPS) is 11.3. The van der Waals surface area contributed by atoms with E-state index >= 15 is 0 Å². The average Bonchev–Trinajstić information content (AvgIpc) is 3.04. The predicted molar refractivity (Wildman–Crippen MR) is 181 cm³/mol. The zero-order valence-electron chi connectivity index (χ0n) is 25.6. The smallest absolute Gasteiger partial charge is 0.409 e. The number of H-pyrrole nitrogens is 1. The molecule has 4 aromatic carbocycles. The summed E-state index contributed by atoms with van der Waals surface area (Å²) >= 11 is 0. The van der Waals surface area contributed by atoms with Crippen molar-refractivity contribution in [3.8, 4) is 22.6 Å². The molecule has 1 atom stereocenters. The van der Waals surface area contributed by atoms with Gasteiger partial charge < -0.3 is 30.4 Å². The number of nitrogens with one attached hydrogen (secondary N) is 3. The second-order valence-corrected chi connectivity index (χ2v) is 10.9. The summed E-state index contributed by atoms with van der Waals surface area (Å²) in [5.74, 6) is 0.773. The standard InChI is InChI=1S/C36H37N3O6.2FH/c40-32-17-15-29(30-16-18-34(42)39-35(30)32)33(41)23-37-20-19-24-9-12-27(13-10-24)45-21-5-4-6-25-11-14-28(26-7-2-1-3-8-26)31(22-25)38-36(43)44;;/h1-3,7-18,22,33,37-38,40-41H,4-6,19-21,23H2,(H,39,42)(H,43,44);2*1H/t33-;;/m0../s1. The number of pyridine rings is 1. The van der Waals surface area contributed by atoms with Gasteiger partial charge in [-0.15, -0.1) is 0 Å². The molecule has 0 bridgehead atoms. The number of hydrogen-bond acceptors (Lipinski definition) is 6. The summed E-state index contributed by atoms with van der Waals surface area (Å²) in [6, 6.07) is 29.7. The van der Waals surface area contributed by atoms with E-state index in [2.05, 4.69) is 15.6 Å². The fourth-order valence-corrected chi connectivity index (χ4v) is 5.34. The summed E-state index contributed by atoms with van der Waals surface area (Å²) in [6.45, 7) is 1.58. The SMILES string of the molecule is F.F.O=C(O)Nc1cc(CCCCOc2ccc(CCNC[C@H](O)c3ccc(O)c4[nH]c(=O)ccc34)cc2)ccc1-c1ccccc1. The van der Waals surface area contributed by atoms with Gasteiger partial charge in [0.2, 0.25) is 5.56 Å². The minimum Gasteiger partial charge on any atom is -0.506 e. The highest BCUT2D eigenvalue weighted by Gasteiger charge is 2.14. The van der Waals surface area contributed by atoms with E-state index < -0.39 is 12.2 Å². The number of aliphatic hydroxyl groups excluding tert-OH is 1. The molecule has 0 fully saturated rings. The first-order valence-electron chi connectivity index (χ1n) is 15.0. The molecular formula is C36H39F2N3O6. The van der Waals surface area contributed by atoms with Crippen LogP contribution in [0.15, 0.2) is 102 Å². The third-order valence-electron chi connectivity index (χ3n) is 7.66. The van der Waals surface area contributed by atoms with Gasteiger partial charge in [0.05, 0.1) is 23.9 Å². The Balaban J connectivity index is 0.00000300. The number of amides is 1. The van der Waals surface area contributed by atoms with E-state index in [0.717, 1.165) is 53.7 Å². The van der Waals surface area contributed by atoms with Crippen LogP contribution in [0.4, 0.5) is 19.9 Å². The molecule has 5 aromatic rings. The highest BCUT2D eigenvalue weighted by Crippen LogP contribution is 2.30. The molecule has 6 N–H and O–H groups in total. The van der Waals surface area contributed by atoms with E-state index in [0.29, 0.717) is 41.9 Å². The fraction of sp³-hybridized carbons (Fsp3) is 0.222. The Kier molecular flexibility index (Phi) is 13.4. The molecule has 11 heteroatoms. The Bertz CT molecular complexity index is 1800. The average molecular weight is 648 g/mol. The largest absolute Gasteiger partial charge is 0.506 e. The second-order valence-electron chi connectivity index (χ2n) is 10.9. The number of phenols is 1. The van der Waals surface area contributed by atoms with Crippen LogP contribution in [0.25, 0.3) is 22.0 Å². The van der Waals surface area contributed by atoms with E-state index in [1.807, 2.05) is 72.8 Å². The van der Waals surface area contributed by atoms with E-state index in [4.69, 9.17) is 4.74 Å². The van der Waals surface area contributed by atoms with Gasteiger partial charge in [0.1, 0.15) is 11.5 Å². The predicted octanol–water partition coefficient (Wildman–Crippen LogP) is 6.56. The van der Waals surface area contributed by atoms with Crippen molar-refractivity contribution in [2.24, 2.45) is 0 Å². The molecular weight excluding hydrogens is 608 g/mol. The van der Waals surface area contributed by atoms with Gasteiger partial charge in [-0.2, -0.15) is 0 Å². The van der Waals surface area contributed by atoms with Crippen LogP contribution in [0.3, 0.4) is 0 Å². The van der Waals surface area contributed by atoms with Gasteiger partial charge in [-0.25, -0.2) is 4.79 Å². The Hall–Kier alpha value is -5.26. The highest BCUT2D eigenvalue weighted by atomic mass is 19.0. The van der Waals surface area contributed by atoms with Crippen molar-refractivity contribution < 1.29 is 34.3 Å². The van der Waals surface area contributed by atoms with Crippen LogP contribution < -0.4 is 20.9 Å². The number of aromatic hydroxyl groups is 1. The number of aromatic nitrogens is 1. The van der Waals surface area contributed by atoms with Crippen LogP contribution in [-0.4, -0.2) is 46.1 Å². The van der Waals surface area contributed by atoms with Gasteiger partial charge in [0.15, 0.2) is 0 Å². The summed E-state index contributed by atoms with van der Waals surface area (Å²) in [5.41, 5.74) is 5.24. The van der Waals surface area contributed by atoms with Crippen LogP contribution in [-0.2, 0) is 12.8 Å². The Morgan fingerprint density at radius 2 is 1.60 bits per heavy atom. The maximum atomic E-state index is 11.6. The lowest BCUT2D eigenvalue weighted by atomic mass is 9.99. The van der Waals surface area contributed by atoms with Gasteiger partial charge in [-0.1, -0.05) is 60.7 Å². The topological polar surface area (TPSA) is 144 Å². The minimum absolute atomic E-state index is 0. The maximum absolute atomic E-state index is 11.6. The molecule has 9 nitrogen and oxygen atoms in total. The van der Waals surface area contributed by atoms with Crippen molar-refractivity contribution >= 4 is 22.7 Å². The molecule has 248 valence electrons. The lowest BCUT2D eigenvalue weighted by molar-refractivity contribution is 0.176. The number of carboxylic acid groups (broad SMARTS) is 1. The van der Waals surface area contributed by atoms with E-state index in [1.54, 1.807) is 12.1 Å². The molecule has 1 heterocycles. The summed E-state index contributed by atoms with van der Waals surface area (Å²) in [7, 11) is 0. The molecule has 47 heavy (non-hydrogen) atoms. The molecule has 0 aliphatic carbocycles. The van der Waals surface area contributed by atoms with Gasteiger partial charge >= 0.3 is 6.09 Å². The monoisotopic (exact) mass is 647 g/mol. The van der Waals surface area contributed by atoms with E-state index in [9.17, 15) is 24.9 Å². The molecule has 0 saturated heterocycles. The Labute approximate surface area is 270 Å². The minimum atomic E-state index is -1.08. The summed E-state index contributed by atoms with van der Waals surface area (Å²) in [4.78, 5) is 25.6. The lowest BCUT2D eigenvalue weighted by Gasteiger charge is -2.15. The number of hydrogen-bond donors (Lipinski definition) is 6. The number of aliphatic hydroxyl groups is 1. The Morgan fingerprint density at radius 3 is 2.34 bits per heavy atom. The van der Waals surface area contributed by atoms with E-state index in [-0.39, 0.29) is 20.7 Å². The summed E-state index contributed by atoms with van der Waals surface area (Å²) in [5, 5.41) is 36.5. The molecule has 0 aliphatic rings. The first kappa shape index (κ1) is 36.2. The third-order valence-corrected chi connectivity index (χ3v) is 7.66. The van der Waals surface area contributed by atoms with Crippen molar-refractivity contribution in [3.05, 3.63) is 124 Å². The zero-order valence-corrected chi connectivity index (χ0v) is 25.6. The fourth-order valence-electron chi connectivity index (χ4n) is 5.34. The number of rotatable bonds is 14. The number of ether oxygens (including phenoxy) is 1. The van der Waals surface area contributed by atoms with Gasteiger partial charge in [0, 0.05) is 23.6 Å². The summed E-state index contributed by atoms with van der Waals surface area (Å²) in [6.07, 6.45) is 1.48. The number of aromatic amines is 1. The number of benzene rings is 4. The zero-order chi connectivity index (χ0) is 31.6. The maximum Gasteiger partial charge on any atom is 0.409 e. The molecule has 0 radical (unpaired) electrons. The number of halogens is 2. The molecule has 1 aromatic heterocycles. The first-order valence-corrected chi connectivity index (χ1v) is 15.0. The van der Waals surface area contributed by atoms with Crippen molar-refractivity contribution in [1.82, 2.24) is 10.3 Å². The highest BCUT2D eigenvalue weighted by molar-refractivity contribution is 5.91. The molecule has 5 rings (SSSR count). The van der Waals surface area contributed by atoms with Crippen LogP contribution in [0.5, 0.6) is 11.5 Å². The molecule has 0 spiro atoms.